The first-order chi connectivity index (χ1) is 14.9. The second-order valence-corrected chi connectivity index (χ2v) is 16.3. The van der Waals surface area contributed by atoms with Crippen molar-refractivity contribution in [3.8, 4) is 0 Å². The second-order valence-electron chi connectivity index (χ2n) is 9.27. The molecule has 0 amide bonds. The number of rotatable bonds is 7. The zero-order chi connectivity index (χ0) is 23.7. The van der Waals surface area contributed by atoms with Crippen molar-refractivity contribution < 1.29 is 4.43 Å². The molecule has 172 valence electrons. The van der Waals surface area contributed by atoms with E-state index in [1.54, 1.807) is 23.3 Å². The van der Waals surface area contributed by atoms with E-state index >= 15 is 0 Å². The number of halogens is 2. The molecule has 0 spiro atoms. The molecule has 32 heavy (non-hydrogen) atoms. The highest BCUT2D eigenvalue weighted by atomic mass is 79.9. The van der Waals surface area contributed by atoms with Crippen molar-refractivity contribution in [1.29, 1.82) is 0 Å². The van der Waals surface area contributed by atoms with Gasteiger partial charge < -0.3 is 4.43 Å². The summed E-state index contributed by atoms with van der Waals surface area (Å²) in [5.41, 5.74) is 0.428. The fourth-order valence-corrected chi connectivity index (χ4v) is 5.75. The van der Waals surface area contributed by atoms with Gasteiger partial charge in [-0.15, -0.1) is 0 Å². The Bertz CT molecular complexity index is 1170. The highest BCUT2D eigenvalue weighted by Gasteiger charge is 2.38. The molecule has 0 N–H and O–H groups in total. The average Bonchev–Trinajstić information content (AvgIpc) is 2.70. The van der Waals surface area contributed by atoms with E-state index in [1.807, 2.05) is 12.1 Å². The van der Waals surface area contributed by atoms with Crippen LogP contribution in [0.5, 0.6) is 0 Å². The molecule has 0 aliphatic rings. The predicted octanol–water partition coefficient (Wildman–Crippen LogP) is 6.55. The zero-order valence-electron chi connectivity index (χ0n) is 19.1. The summed E-state index contributed by atoms with van der Waals surface area (Å²) in [6, 6.07) is 3.66. The molecule has 3 rings (SSSR count). The second kappa shape index (κ2) is 9.93. The van der Waals surface area contributed by atoms with Gasteiger partial charge in [0, 0.05) is 17.5 Å². The summed E-state index contributed by atoms with van der Waals surface area (Å²) >= 11 is 11.3. The minimum atomic E-state index is -1.86. The van der Waals surface area contributed by atoms with Gasteiger partial charge >= 0.3 is 0 Å². The smallest absolute Gasteiger partial charge is 0.262 e. The monoisotopic (exact) mass is 554 g/mol. The molecule has 2 heterocycles. The van der Waals surface area contributed by atoms with Gasteiger partial charge in [0.2, 0.25) is 0 Å². The molecule has 1 aromatic carbocycles. The Labute approximate surface area is 207 Å². The summed E-state index contributed by atoms with van der Waals surface area (Å²) in [4.78, 5) is 26.9. The van der Waals surface area contributed by atoms with Crippen LogP contribution in [0.15, 0.2) is 50.2 Å². The maximum Gasteiger partial charge on any atom is 0.262 e. The lowest BCUT2D eigenvalue weighted by Gasteiger charge is -2.38. The number of hydrogen-bond donors (Lipinski definition) is 0. The number of nitrogens with zero attached hydrogens (tertiary/aromatic N) is 4. The molecule has 6 nitrogen and oxygen atoms in total. The number of aromatic nitrogens is 4. The lowest BCUT2D eigenvalue weighted by atomic mass is 10.2. The molecule has 0 radical (unpaired) electrons. The van der Waals surface area contributed by atoms with E-state index in [9.17, 15) is 4.79 Å². The lowest BCUT2D eigenvalue weighted by Crippen LogP contribution is -2.43. The van der Waals surface area contributed by atoms with Crippen LogP contribution in [0.25, 0.3) is 10.9 Å². The molecule has 1 unspecified atom stereocenters. The van der Waals surface area contributed by atoms with Crippen molar-refractivity contribution in [2.45, 2.75) is 74.8 Å². The summed E-state index contributed by atoms with van der Waals surface area (Å²) < 4.78 is 8.70. The molecule has 10 heteroatoms. The van der Waals surface area contributed by atoms with Gasteiger partial charge in [-0.3, -0.25) is 9.36 Å². The number of aryl methyl sites for hydroxylation is 1. The molecule has 0 saturated heterocycles. The Morgan fingerprint density at radius 3 is 2.56 bits per heavy atom. The third-order valence-corrected chi connectivity index (χ3v) is 12.3. The Kier molecular flexibility index (Phi) is 7.87. The molecule has 0 fully saturated rings. The summed E-state index contributed by atoms with van der Waals surface area (Å²) in [5.74, 6) is 0. The first-order valence-electron chi connectivity index (χ1n) is 10.4. The van der Waals surface area contributed by atoms with Crippen LogP contribution in [-0.4, -0.2) is 33.9 Å². The first-order valence-corrected chi connectivity index (χ1v) is 15.3. The molecule has 0 aliphatic heterocycles. The maximum absolute atomic E-state index is 13.2. The van der Waals surface area contributed by atoms with E-state index in [4.69, 9.17) is 16.0 Å². The number of fused-ring (bicyclic) bond motifs is 1. The van der Waals surface area contributed by atoms with Gasteiger partial charge in [0.15, 0.2) is 8.32 Å². The van der Waals surface area contributed by atoms with Crippen molar-refractivity contribution in [3.05, 3.63) is 50.8 Å². The maximum atomic E-state index is 13.2. The van der Waals surface area contributed by atoms with E-state index in [-0.39, 0.29) is 16.7 Å². The minimum absolute atomic E-state index is 0.0480. The molecular formula is C22H28BrClN4O2SSi. The minimum Gasteiger partial charge on any atom is -0.414 e. The van der Waals surface area contributed by atoms with Crippen molar-refractivity contribution in [2.24, 2.45) is 0 Å². The third kappa shape index (κ3) is 5.80. The van der Waals surface area contributed by atoms with E-state index in [2.05, 4.69) is 71.7 Å². The third-order valence-electron chi connectivity index (χ3n) is 5.79. The summed E-state index contributed by atoms with van der Waals surface area (Å²) in [6.45, 7) is 13.7. The highest BCUT2D eigenvalue weighted by molar-refractivity contribution is 9.10. The van der Waals surface area contributed by atoms with Crippen molar-refractivity contribution >= 4 is 58.5 Å². The summed E-state index contributed by atoms with van der Waals surface area (Å²) in [7, 11) is -1.86. The van der Waals surface area contributed by atoms with Crippen molar-refractivity contribution in [1.82, 2.24) is 19.5 Å². The van der Waals surface area contributed by atoms with Crippen LogP contribution in [0.1, 0.15) is 34.1 Å². The van der Waals surface area contributed by atoms with Crippen molar-refractivity contribution in [3.63, 3.8) is 0 Å². The summed E-state index contributed by atoms with van der Waals surface area (Å²) in [5, 5.41) is 1.63. The van der Waals surface area contributed by atoms with Gasteiger partial charge in [-0.25, -0.2) is 15.0 Å². The Hall–Kier alpha value is -1.26. The Morgan fingerprint density at radius 2 is 1.94 bits per heavy atom. The Morgan fingerprint density at radius 1 is 1.22 bits per heavy atom. The molecule has 0 bridgehead atoms. The van der Waals surface area contributed by atoms with Crippen LogP contribution in [0.4, 0.5) is 0 Å². The van der Waals surface area contributed by atoms with Crippen LogP contribution in [0.2, 0.25) is 23.2 Å². The molecule has 2 aromatic heterocycles. The van der Waals surface area contributed by atoms with Crippen LogP contribution in [0, 0.1) is 0 Å². The van der Waals surface area contributed by atoms with Gasteiger partial charge in [-0.05, 0) is 59.5 Å². The van der Waals surface area contributed by atoms with E-state index < -0.39 is 8.32 Å². The SMILES string of the molecule is CC(CCn1cnc2ccc(Sc3cnc(Br)cn3)c(Cl)c2c1=O)O[Si](C)(C)C(C)(C)C. The highest BCUT2D eigenvalue weighted by Crippen LogP contribution is 2.38. The van der Waals surface area contributed by atoms with Gasteiger partial charge in [0.25, 0.3) is 5.56 Å². The largest absolute Gasteiger partial charge is 0.414 e. The lowest BCUT2D eigenvalue weighted by molar-refractivity contribution is 0.182. The normalized spacial score (nSPS) is 13.5. The Balaban J connectivity index is 1.82. The van der Waals surface area contributed by atoms with Crippen molar-refractivity contribution in [2.75, 3.05) is 0 Å². The van der Waals surface area contributed by atoms with Crippen LogP contribution in [-0.2, 0) is 11.0 Å². The number of hydrogen-bond acceptors (Lipinski definition) is 6. The molecule has 1 atom stereocenters. The fourth-order valence-electron chi connectivity index (χ4n) is 2.95. The predicted molar refractivity (Wildman–Crippen MR) is 137 cm³/mol. The molecule has 0 saturated carbocycles. The molecular weight excluding hydrogens is 528 g/mol. The standard InChI is InChI=1S/C22H28BrClN4O2SSi/c1-14(30-32(5,6)22(2,3)4)9-10-28-13-27-15-7-8-16(20(24)19(15)21(28)29)31-18-12-25-17(23)11-26-18/h7-8,11-14H,9-10H2,1-6H3. The zero-order valence-corrected chi connectivity index (χ0v) is 23.3. The number of benzene rings is 1. The van der Waals surface area contributed by atoms with Crippen LogP contribution < -0.4 is 5.56 Å². The quantitative estimate of drug-likeness (QED) is 0.308. The fraction of sp³-hybridized carbons (Fsp3) is 0.455. The first kappa shape index (κ1) is 25.4. The topological polar surface area (TPSA) is 69.9 Å². The van der Waals surface area contributed by atoms with Gasteiger partial charge in [-0.2, -0.15) is 0 Å². The van der Waals surface area contributed by atoms with Gasteiger partial charge in [0.05, 0.1) is 34.6 Å². The van der Waals surface area contributed by atoms with Gasteiger partial charge in [-0.1, -0.05) is 44.1 Å². The van der Waals surface area contributed by atoms with Gasteiger partial charge in [0.1, 0.15) is 9.63 Å². The summed E-state index contributed by atoms with van der Waals surface area (Å²) in [6.07, 6.45) is 5.64. The average molecular weight is 556 g/mol. The molecule has 0 aliphatic carbocycles. The molecule has 3 aromatic rings. The van der Waals surface area contributed by atoms with Crippen LogP contribution >= 0.6 is 39.3 Å². The van der Waals surface area contributed by atoms with Crippen LogP contribution in [0.3, 0.4) is 0 Å². The van der Waals surface area contributed by atoms with E-state index in [1.165, 1.54) is 11.8 Å². The van der Waals surface area contributed by atoms with E-state index in [0.717, 1.165) is 11.3 Å². The van der Waals surface area contributed by atoms with E-state index in [0.29, 0.717) is 32.1 Å².